The third kappa shape index (κ3) is 5.01. The van der Waals surface area contributed by atoms with E-state index in [4.69, 9.17) is 14.2 Å². The number of thiazole rings is 1. The van der Waals surface area contributed by atoms with E-state index in [9.17, 15) is 19.4 Å². The molecule has 1 fully saturated rings. The van der Waals surface area contributed by atoms with Crippen LogP contribution in [0.1, 0.15) is 58.3 Å². The molecule has 2 aromatic carbocycles. The van der Waals surface area contributed by atoms with Crippen molar-refractivity contribution in [3.8, 4) is 11.5 Å². The smallest absolute Gasteiger partial charge is 0.338 e. The van der Waals surface area contributed by atoms with Gasteiger partial charge in [0.2, 0.25) is 0 Å². The predicted octanol–water partition coefficient (Wildman–Crippen LogP) is 5.06. The van der Waals surface area contributed by atoms with Crippen molar-refractivity contribution in [2.75, 3.05) is 14.2 Å². The maximum absolute atomic E-state index is 14.0. The number of aromatic carboxylic acids is 1. The Bertz CT molecular complexity index is 1160. The number of aliphatic hydroxyl groups is 1. The van der Waals surface area contributed by atoms with Crippen LogP contribution in [-0.2, 0) is 11.2 Å². The summed E-state index contributed by atoms with van der Waals surface area (Å²) >= 11 is 1.20. The Balaban J connectivity index is 1.69. The number of carboxylic acid groups (broad SMARTS) is 1. The summed E-state index contributed by atoms with van der Waals surface area (Å²) in [6.45, 7) is 1.88. The Morgan fingerprint density at radius 1 is 1.18 bits per heavy atom. The van der Waals surface area contributed by atoms with Crippen LogP contribution < -0.4 is 9.47 Å². The fraction of sp³-hybridized carbons (Fsp3) is 0.440. The van der Waals surface area contributed by atoms with E-state index in [0.29, 0.717) is 26.8 Å². The first-order valence-corrected chi connectivity index (χ1v) is 12.0. The number of halogens is 1. The fourth-order valence-electron chi connectivity index (χ4n) is 4.46. The number of benzene rings is 2. The summed E-state index contributed by atoms with van der Waals surface area (Å²) in [6.07, 6.45) is 2.59. The molecular formula is C25H28FNO6S. The fourth-order valence-corrected chi connectivity index (χ4v) is 5.52. The van der Waals surface area contributed by atoms with Crippen LogP contribution in [0.25, 0.3) is 10.2 Å². The molecule has 0 spiro atoms. The van der Waals surface area contributed by atoms with Gasteiger partial charge in [-0.05, 0) is 49.6 Å². The zero-order valence-electron chi connectivity index (χ0n) is 19.3. The summed E-state index contributed by atoms with van der Waals surface area (Å²) in [6, 6.07) is 5.79. The lowest BCUT2D eigenvalue weighted by molar-refractivity contribution is -0.0753. The first-order chi connectivity index (χ1) is 16.3. The molecule has 0 radical (unpaired) electrons. The SMILES string of the molecule is COc1cc(C(O)C(Cc2nc3c(C(=O)O)cc(F)cc3s2)OC2CCCC2)cc(OC)c1C. The van der Waals surface area contributed by atoms with Crippen LogP contribution in [0.5, 0.6) is 11.5 Å². The Morgan fingerprint density at radius 2 is 1.82 bits per heavy atom. The molecule has 0 bridgehead atoms. The molecule has 4 rings (SSSR count). The molecule has 1 aliphatic rings. The highest BCUT2D eigenvalue weighted by Gasteiger charge is 2.30. The molecule has 7 nitrogen and oxygen atoms in total. The quantitative estimate of drug-likeness (QED) is 0.433. The van der Waals surface area contributed by atoms with E-state index in [1.807, 2.05) is 6.92 Å². The van der Waals surface area contributed by atoms with E-state index in [2.05, 4.69) is 4.98 Å². The summed E-state index contributed by atoms with van der Waals surface area (Å²) in [4.78, 5) is 16.1. The van der Waals surface area contributed by atoms with E-state index >= 15 is 0 Å². The third-order valence-electron chi connectivity index (χ3n) is 6.25. The van der Waals surface area contributed by atoms with Crippen molar-refractivity contribution < 1.29 is 33.6 Å². The summed E-state index contributed by atoms with van der Waals surface area (Å²) in [5.41, 5.74) is 1.46. The van der Waals surface area contributed by atoms with Crippen LogP contribution in [0.4, 0.5) is 4.39 Å². The maximum atomic E-state index is 14.0. The van der Waals surface area contributed by atoms with Gasteiger partial charge in [0.05, 0.1) is 47.2 Å². The molecule has 34 heavy (non-hydrogen) atoms. The minimum absolute atomic E-state index is 0.0234. The summed E-state index contributed by atoms with van der Waals surface area (Å²) < 4.78 is 31.7. The van der Waals surface area contributed by atoms with Crippen LogP contribution in [0.15, 0.2) is 24.3 Å². The number of nitrogens with zero attached hydrogens (tertiary/aromatic N) is 1. The number of aromatic nitrogens is 1. The number of hydrogen-bond acceptors (Lipinski definition) is 7. The lowest BCUT2D eigenvalue weighted by atomic mass is 9.99. The van der Waals surface area contributed by atoms with Crippen LogP contribution in [0.3, 0.4) is 0 Å². The molecule has 0 saturated heterocycles. The molecule has 3 aromatic rings. The first-order valence-electron chi connectivity index (χ1n) is 11.2. The topological polar surface area (TPSA) is 98.1 Å². The molecule has 2 unspecified atom stereocenters. The molecule has 1 heterocycles. The molecule has 182 valence electrons. The molecule has 2 N–H and O–H groups in total. The average Bonchev–Trinajstić information content (AvgIpc) is 3.47. The molecule has 2 atom stereocenters. The van der Waals surface area contributed by atoms with Crippen LogP contribution >= 0.6 is 11.3 Å². The zero-order valence-corrected chi connectivity index (χ0v) is 20.2. The van der Waals surface area contributed by atoms with E-state index < -0.39 is 24.0 Å². The Labute approximate surface area is 201 Å². The van der Waals surface area contributed by atoms with Crippen molar-refractivity contribution in [1.82, 2.24) is 4.98 Å². The van der Waals surface area contributed by atoms with E-state index in [0.717, 1.165) is 37.3 Å². The van der Waals surface area contributed by atoms with Crippen molar-refractivity contribution in [1.29, 1.82) is 0 Å². The lowest BCUT2D eigenvalue weighted by Crippen LogP contribution is -2.29. The molecule has 0 amide bonds. The molecule has 1 aromatic heterocycles. The van der Waals surface area contributed by atoms with Gasteiger partial charge < -0.3 is 24.4 Å². The van der Waals surface area contributed by atoms with Gasteiger partial charge in [0.1, 0.15) is 23.4 Å². The van der Waals surface area contributed by atoms with Crippen LogP contribution in [0, 0.1) is 12.7 Å². The highest BCUT2D eigenvalue weighted by molar-refractivity contribution is 7.18. The zero-order chi connectivity index (χ0) is 24.4. The van der Waals surface area contributed by atoms with Crippen molar-refractivity contribution in [2.24, 2.45) is 0 Å². The van der Waals surface area contributed by atoms with E-state index in [-0.39, 0.29) is 23.6 Å². The van der Waals surface area contributed by atoms with Crippen molar-refractivity contribution in [2.45, 2.75) is 57.3 Å². The standard InChI is InChI=1S/C25H28FNO6S/c1-13-18(31-2)8-14(9-19(13)32-3)24(28)20(33-16-6-4-5-7-16)12-22-27-23-17(25(29)30)10-15(26)11-21(23)34-22/h8-11,16,20,24,28H,4-7,12H2,1-3H3,(H,29,30). The largest absolute Gasteiger partial charge is 0.496 e. The lowest BCUT2D eigenvalue weighted by Gasteiger charge is -2.27. The highest BCUT2D eigenvalue weighted by Crippen LogP contribution is 2.36. The highest BCUT2D eigenvalue weighted by atomic mass is 32.1. The van der Waals surface area contributed by atoms with Gasteiger partial charge in [-0.1, -0.05) is 12.8 Å². The predicted molar refractivity (Wildman–Crippen MR) is 127 cm³/mol. The second-order valence-corrected chi connectivity index (χ2v) is 9.61. The Hall–Kier alpha value is -2.75. The van der Waals surface area contributed by atoms with Crippen molar-refractivity contribution in [3.05, 3.63) is 51.8 Å². The van der Waals surface area contributed by atoms with Gasteiger partial charge in [-0.3, -0.25) is 0 Å². The molecule has 1 saturated carbocycles. The monoisotopic (exact) mass is 489 g/mol. The average molecular weight is 490 g/mol. The van der Waals surface area contributed by atoms with E-state index in [1.54, 1.807) is 26.4 Å². The number of hydrogen-bond donors (Lipinski definition) is 2. The van der Waals surface area contributed by atoms with Crippen molar-refractivity contribution in [3.63, 3.8) is 0 Å². The second kappa shape index (κ2) is 10.2. The minimum Gasteiger partial charge on any atom is -0.496 e. The third-order valence-corrected chi connectivity index (χ3v) is 7.27. The van der Waals surface area contributed by atoms with Gasteiger partial charge in [-0.2, -0.15) is 0 Å². The van der Waals surface area contributed by atoms with Crippen molar-refractivity contribution >= 4 is 27.5 Å². The molecule has 0 aliphatic heterocycles. The minimum atomic E-state index is -1.24. The Kier molecular flexibility index (Phi) is 7.35. The van der Waals surface area contributed by atoms with Gasteiger partial charge in [-0.25, -0.2) is 14.2 Å². The summed E-state index contributed by atoms with van der Waals surface area (Å²) in [5, 5.41) is 21.4. The Morgan fingerprint density at radius 3 is 2.41 bits per heavy atom. The van der Waals surface area contributed by atoms with Gasteiger partial charge in [-0.15, -0.1) is 11.3 Å². The van der Waals surface area contributed by atoms with Gasteiger partial charge in [0.15, 0.2) is 0 Å². The number of aliphatic hydroxyl groups excluding tert-OH is 1. The van der Waals surface area contributed by atoms with E-state index in [1.165, 1.54) is 17.4 Å². The number of methoxy groups -OCH3 is 2. The molecular weight excluding hydrogens is 461 g/mol. The molecule has 9 heteroatoms. The van der Waals surface area contributed by atoms with Crippen LogP contribution in [0.2, 0.25) is 0 Å². The second-order valence-electron chi connectivity index (χ2n) is 8.49. The normalized spacial score (nSPS) is 16.0. The summed E-state index contributed by atoms with van der Waals surface area (Å²) in [7, 11) is 3.12. The van der Waals surface area contributed by atoms with Crippen LogP contribution in [-0.4, -0.2) is 47.6 Å². The van der Waals surface area contributed by atoms with Gasteiger partial charge in [0, 0.05) is 12.0 Å². The first kappa shape index (κ1) is 24.4. The van der Waals surface area contributed by atoms with Gasteiger partial charge >= 0.3 is 5.97 Å². The number of fused-ring (bicyclic) bond motifs is 1. The molecule has 1 aliphatic carbocycles. The summed E-state index contributed by atoms with van der Waals surface area (Å²) in [5.74, 6) is -0.680. The maximum Gasteiger partial charge on any atom is 0.338 e. The number of rotatable bonds is 9. The number of carbonyl (C=O) groups is 1. The van der Waals surface area contributed by atoms with Gasteiger partial charge in [0.25, 0.3) is 0 Å². The number of carboxylic acids is 1. The number of ether oxygens (including phenoxy) is 3.